The van der Waals surface area contributed by atoms with Crippen molar-refractivity contribution in [2.75, 3.05) is 34.4 Å². The lowest BCUT2D eigenvalue weighted by molar-refractivity contribution is 0.0453. The number of ether oxygens (including phenoxy) is 4. The van der Waals surface area contributed by atoms with Crippen LogP contribution in [0.15, 0.2) is 18.2 Å². The molecule has 0 aliphatic rings. The molecule has 0 aliphatic heterocycles. The monoisotopic (exact) mass is 241 g/mol. The third-order valence-electron chi connectivity index (χ3n) is 2.09. The molecule has 17 heavy (non-hydrogen) atoms. The Bertz CT molecular complexity index is 327. The van der Waals surface area contributed by atoms with E-state index in [1.54, 1.807) is 26.4 Å². The molecule has 1 rings (SSSR count). The van der Waals surface area contributed by atoms with Gasteiger partial charge >= 0.3 is 0 Å². The van der Waals surface area contributed by atoms with Gasteiger partial charge in [0, 0.05) is 26.7 Å². The molecule has 0 amide bonds. The molecule has 0 atom stereocenters. The highest BCUT2D eigenvalue weighted by atomic mass is 16.7. The number of hydrogen-bond donors (Lipinski definition) is 0. The van der Waals surface area contributed by atoms with Gasteiger partial charge < -0.3 is 18.9 Å². The molecular weight excluding hydrogens is 224 g/mol. The van der Waals surface area contributed by atoms with E-state index in [9.17, 15) is 5.11 Å². The quantitative estimate of drug-likeness (QED) is 0.649. The van der Waals surface area contributed by atoms with Gasteiger partial charge in [-0.3, -0.25) is 0 Å². The number of hydrogen-bond acceptors (Lipinski definition) is 4. The van der Waals surface area contributed by atoms with Crippen molar-refractivity contribution in [3.05, 3.63) is 23.8 Å². The van der Waals surface area contributed by atoms with Crippen LogP contribution in [0.3, 0.4) is 0 Å². The minimum absolute atomic E-state index is 0.138. The second-order valence-electron chi connectivity index (χ2n) is 3.33. The van der Waals surface area contributed by atoms with Crippen LogP contribution in [0.2, 0.25) is 0 Å². The molecule has 0 N–H and O–H groups in total. The van der Waals surface area contributed by atoms with Crippen LogP contribution in [0.4, 0.5) is 0 Å². The van der Waals surface area contributed by atoms with E-state index in [4.69, 9.17) is 18.9 Å². The fourth-order valence-corrected chi connectivity index (χ4v) is 1.32. The average Bonchev–Trinajstić information content (AvgIpc) is 2.36. The molecule has 0 bridgehead atoms. The minimum atomic E-state index is -0.179. The molecule has 5 heteroatoms. The van der Waals surface area contributed by atoms with Gasteiger partial charge in [0.15, 0.2) is 13.6 Å². The first-order valence-corrected chi connectivity index (χ1v) is 5.26. The molecule has 0 saturated heterocycles. The summed E-state index contributed by atoms with van der Waals surface area (Å²) in [5.74, 6) is 1.24. The summed E-state index contributed by atoms with van der Waals surface area (Å²) >= 11 is 0. The van der Waals surface area contributed by atoms with Gasteiger partial charge in [0.05, 0.1) is 6.61 Å². The van der Waals surface area contributed by atoms with E-state index < -0.39 is 0 Å². The molecule has 1 aromatic rings. The first-order chi connectivity index (χ1) is 8.31. The molecule has 0 unspecified atom stereocenters. The van der Waals surface area contributed by atoms with Gasteiger partial charge in [-0.25, -0.2) is 5.11 Å². The lowest BCUT2D eigenvalue weighted by atomic mass is 10.1. The molecule has 5 nitrogen and oxygen atoms in total. The third kappa shape index (κ3) is 4.60. The average molecular weight is 241 g/mol. The zero-order valence-corrected chi connectivity index (χ0v) is 10.1. The molecular formula is C12H17O5. The van der Waals surface area contributed by atoms with Crippen LogP contribution in [-0.2, 0) is 21.0 Å². The van der Waals surface area contributed by atoms with E-state index in [0.717, 1.165) is 5.56 Å². The van der Waals surface area contributed by atoms with Gasteiger partial charge in [0.25, 0.3) is 0 Å². The van der Waals surface area contributed by atoms with Crippen molar-refractivity contribution < 1.29 is 24.1 Å². The number of methoxy groups -OCH3 is 2. The molecule has 95 valence electrons. The summed E-state index contributed by atoms with van der Waals surface area (Å²) in [6, 6.07) is 5.32. The molecule has 0 spiro atoms. The lowest BCUT2D eigenvalue weighted by Crippen LogP contribution is -2.04. The summed E-state index contributed by atoms with van der Waals surface area (Å²) in [5, 5.41) is 10.6. The van der Waals surface area contributed by atoms with Crippen LogP contribution in [0.5, 0.6) is 11.5 Å². The van der Waals surface area contributed by atoms with Gasteiger partial charge in [-0.2, -0.15) is 0 Å². The van der Waals surface area contributed by atoms with Crippen LogP contribution in [0, 0.1) is 0 Å². The molecule has 0 fully saturated rings. The van der Waals surface area contributed by atoms with Crippen molar-refractivity contribution in [3.63, 3.8) is 0 Å². The topological polar surface area (TPSA) is 56.8 Å². The normalized spacial score (nSPS) is 10.3. The summed E-state index contributed by atoms with van der Waals surface area (Å²) in [5.41, 5.74) is 0.849. The second-order valence-corrected chi connectivity index (χ2v) is 3.33. The second kappa shape index (κ2) is 7.89. The van der Waals surface area contributed by atoms with E-state index in [1.165, 1.54) is 0 Å². The van der Waals surface area contributed by atoms with E-state index in [0.29, 0.717) is 17.9 Å². The molecule has 0 saturated carbocycles. The Morgan fingerprint density at radius 2 is 1.76 bits per heavy atom. The van der Waals surface area contributed by atoms with Gasteiger partial charge in [-0.1, -0.05) is 6.07 Å². The van der Waals surface area contributed by atoms with Gasteiger partial charge in [-0.05, 0) is 11.6 Å². The first-order valence-electron chi connectivity index (χ1n) is 5.26. The summed E-state index contributed by atoms with van der Waals surface area (Å²) in [6.45, 7) is 0.131. The summed E-state index contributed by atoms with van der Waals surface area (Å²) in [4.78, 5) is 0. The van der Waals surface area contributed by atoms with Gasteiger partial charge in [-0.15, -0.1) is 0 Å². The third-order valence-corrected chi connectivity index (χ3v) is 2.09. The Balaban J connectivity index is 2.76. The maximum absolute atomic E-state index is 10.6. The fraction of sp³-hybridized carbons (Fsp3) is 0.500. The van der Waals surface area contributed by atoms with Crippen LogP contribution in [0.25, 0.3) is 0 Å². The van der Waals surface area contributed by atoms with Crippen molar-refractivity contribution >= 4 is 0 Å². The van der Waals surface area contributed by atoms with Crippen LogP contribution >= 0.6 is 0 Å². The number of benzene rings is 1. The maximum atomic E-state index is 10.6. The Labute approximate surface area is 101 Å². The Hall–Kier alpha value is -1.30. The van der Waals surface area contributed by atoms with E-state index in [1.807, 2.05) is 6.07 Å². The zero-order chi connectivity index (χ0) is 12.5. The van der Waals surface area contributed by atoms with E-state index >= 15 is 0 Å². The van der Waals surface area contributed by atoms with Crippen molar-refractivity contribution in [2.24, 2.45) is 0 Å². The van der Waals surface area contributed by atoms with Gasteiger partial charge in [0.1, 0.15) is 11.5 Å². The van der Waals surface area contributed by atoms with Crippen LogP contribution in [0.1, 0.15) is 5.56 Å². The van der Waals surface area contributed by atoms with Crippen molar-refractivity contribution in [1.82, 2.24) is 0 Å². The van der Waals surface area contributed by atoms with Crippen LogP contribution < -0.4 is 9.47 Å². The fourth-order valence-electron chi connectivity index (χ4n) is 1.32. The zero-order valence-electron chi connectivity index (χ0n) is 10.1. The highest BCUT2D eigenvalue weighted by Crippen LogP contribution is 2.25. The number of rotatable bonds is 8. The Morgan fingerprint density at radius 3 is 2.41 bits per heavy atom. The van der Waals surface area contributed by atoms with E-state index in [2.05, 4.69) is 0 Å². The van der Waals surface area contributed by atoms with E-state index in [-0.39, 0.29) is 20.2 Å². The largest absolute Gasteiger partial charge is 0.467 e. The van der Waals surface area contributed by atoms with Crippen LogP contribution in [-0.4, -0.2) is 34.4 Å². The first kappa shape index (κ1) is 13.8. The van der Waals surface area contributed by atoms with Crippen molar-refractivity contribution in [2.45, 2.75) is 6.42 Å². The lowest BCUT2D eigenvalue weighted by Gasteiger charge is -2.12. The van der Waals surface area contributed by atoms with Crippen molar-refractivity contribution in [3.8, 4) is 11.5 Å². The Kier molecular flexibility index (Phi) is 6.39. The maximum Gasteiger partial charge on any atom is 0.188 e. The molecule has 0 heterocycles. The predicted octanol–water partition coefficient (Wildman–Crippen LogP) is 1.62. The standard InChI is InChI=1S/C12H17O5/c1-14-8-16-11-4-3-10(5-6-13)12(7-11)17-9-15-2/h3-4,7H,5-6,8-9H2,1-2H3. The SMILES string of the molecule is COCOc1ccc(CC[O])c(OCOC)c1. The summed E-state index contributed by atoms with van der Waals surface area (Å²) < 4.78 is 20.3. The summed E-state index contributed by atoms with van der Waals surface area (Å²) in [7, 11) is 3.09. The molecule has 1 aromatic carbocycles. The molecule has 0 aromatic heterocycles. The Morgan fingerprint density at radius 1 is 1.06 bits per heavy atom. The smallest absolute Gasteiger partial charge is 0.188 e. The van der Waals surface area contributed by atoms with Gasteiger partial charge in [0.2, 0.25) is 0 Å². The predicted molar refractivity (Wildman–Crippen MR) is 60.7 cm³/mol. The minimum Gasteiger partial charge on any atom is -0.467 e. The van der Waals surface area contributed by atoms with Crippen molar-refractivity contribution in [1.29, 1.82) is 0 Å². The highest BCUT2D eigenvalue weighted by Gasteiger charge is 2.06. The molecule has 0 aliphatic carbocycles. The molecule has 1 radical (unpaired) electrons. The highest BCUT2D eigenvalue weighted by molar-refractivity contribution is 5.40. The summed E-state index contributed by atoms with van der Waals surface area (Å²) in [6.07, 6.45) is 0.420.